The number of hydrogen-bond donors (Lipinski definition) is 2. The molecule has 0 unspecified atom stereocenters. The van der Waals surface area contributed by atoms with Gasteiger partial charge in [-0.2, -0.15) is 8.78 Å². The van der Waals surface area contributed by atoms with Crippen LogP contribution in [0, 0.1) is 5.92 Å². The molecular formula is C14H20F2IN3. The van der Waals surface area contributed by atoms with Crippen LogP contribution < -0.4 is 11.1 Å². The van der Waals surface area contributed by atoms with Crippen molar-refractivity contribution in [1.29, 1.82) is 0 Å². The van der Waals surface area contributed by atoms with E-state index >= 15 is 0 Å². The number of nitrogens with one attached hydrogen (secondary N) is 1. The van der Waals surface area contributed by atoms with Crippen molar-refractivity contribution in [3.05, 3.63) is 35.9 Å². The van der Waals surface area contributed by atoms with E-state index in [1.54, 1.807) is 18.2 Å². The number of halogens is 3. The highest BCUT2D eigenvalue weighted by molar-refractivity contribution is 14.0. The lowest BCUT2D eigenvalue weighted by Gasteiger charge is -2.25. The second-order valence-corrected chi connectivity index (χ2v) is 4.95. The molecule has 1 aromatic rings. The van der Waals surface area contributed by atoms with Gasteiger partial charge >= 0.3 is 0 Å². The van der Waals surface area contributed by atoms with E-state index in [0.717, 1.165) is 6.54 Å². The molecule has 20 heavy (non-hydrogen) atoms. The second-order valence-electron chi connectivity index (χ2n) is 4.95. The summed E-state index contributed by atoms with van der Waals surface area (Å²) in [5.74, 6) is -2.27. The summed E-state index contributed by atoms with van der Waals surface area (Å²) >= 11 is 0. The molecule has 112 valence electrons. The molecule has 3 N–H and O–H groups in total. The van der Waals surface area contributed by atoms with E-state index in [2.05, 4.69) is 10.3 Å². The largest absolute Gasteiger partial charge is 0.370 e. The zero-order chi connectivity index (χ0) is 13.7. The maximum absolute atomic E-state index is 13.8. The Hall–Kier alpha value is -0.920. The average Bonchev–Trinajstić information content (AvgIpc) is 2.36. The molecule has 0 atom stereocenters. The number of rotatable bonds is 5. The van der Waals surface area contributed by atoms with Gasteiger partial charge in [-0.25, -0.2) is 4.99 Å². The van der Waals surface area contributed by atoms with Gasteiger partial charge in [0.2, 0.25) is 0 Å². The van der Waals surface area contributed by atoms with Crippen LogP contribution >= 0.6 is 24.0 Å². The maximum atomic E-state index is 13.8. The van der Waals surface area contributed by atoms with Gasteiger partial charge in [-0.1, -0.05) is 36.8 Å². The Bertz CT molecular complexity index is 433. The molecule has 0 aromatic heterocycles. The molecule has 1 aliphatic rings. The number of benzene rings is 1. The van der Waals surface area contributed by atoms with Crippen molar-refractivity contribution in [2.75, 3.05) is 13.1 Å². The van der Waals surface area contributed by atoms with Gasteiger partial charge in [0.25, 0.3) is 5.92 Å². The highest BCUT2D eigenvalue weighted by Gasteiger charge is 2.31. The maximum Gasteiger partial charge on any atom is 0.292 e. The Morgan fingerprint density at radius 1 is 1.30 bits per heavy atom. The lowest BCUT2D eigenvalue weighted by molar-refractivity contribution is 0.00644. The summed E-state index contributed by atoms with van der Waals surface area (Å²) in [5.41, 5.74) is 5.56. The van der Waals surface area contributed by atoms with Crippen LogP contribution in [0.2, 0.25) is 0 Å². The summed E-state index contributed by atoms with van der Waals surface area (Å²) in [6.45, 7) is 0.104. The van der Waals surface area contributed by atoms with Crippen molar-refractivity contribution in [1.82, 2.24) is 5.32 Å². The van der Waals surface area contributed by atoms with Crippen LogP contribution in [0.5, 0.6) is 0 Å². The number of alkyl halides is 2. The molecule has 6 heteroatoms. The first-order chi connectivity index (χ1) is 9.08. The summed E-state index contributed by atoms with van der Waals surface area (Å²) in [5, 5.41) is 2.90. The van der Waals surface area contributed by atoms with Gasteiger partial charge in [0.05, 0.1) is 0 Å². The predicted molar refractivity (Wildman–Crippen MR) is 87.6 cm³/mol. The normalized spacial score (nSPS) is 16.2. The number of hydrogen-bond acceptors (Lipinski definition) is 1. The molecule has 1 fully saturated rings. The first-order valence-corrected chi connectivity index (χ1v) is 6.55. The highest BCUT2D eigenvalue weighted by atomic mass is 127. The Kier molecular flexibility index (Phi) is 6.64. The number of nitrogens with two attached hydrogens (primary N) is 1. The van der Waals surface area contributed by atoms with E-state index in [1.165, 1.54) is 31.4 Å². The van der Waals surface area contributed by atoms with E-state index in [0.29, 0.717) is 5.92 Å². The Balaban J connectivity index is 0.00000200. The van der Waals surface area contributed by atoms with Crippen molar-refractivity contribution in [2.24, 2.45) is 16.6 Å². The van der Waals surface area contributed by atoms with Crippen molar-refractivity contribution in [3.63, 3.8) is 0 Å². The van der Waals surface area contributed by atoms with E-state index in [9.17, 15) is 8.78 Å². The molecular weight excluding hydrogens is 375 g/mol. The summed E-state index contributed by atoms with van der Waals surface area (Å²) in [6.07, 6.45) is 3.61. The zero-order valence-electron chi connectivity index (χ0n) is 11.2. The van der Waals surface area contributed by atoms with Crippen LogP contribution in [0.4, 0.5) is 8.78 Å². The van der Waals surface area contributed by atoms with E-state index in [1.807, 2.05) is 0 Å². The van der Waals surface area contributed by atoms with Crippen LogP contribution in [0.25, 0.3) is 0 Å². The van der Waals surface area contributed by atoms with E-state index in [4.69, 9.17) is 5.73 Å². The smallest absolute Gasteiger partial charge is 0.292 e. The molecule has 1 aromatic carbocycles. The average molecular weight is 395 g/mol. The van der Waals surface area contributed by atoms with Gasteiger partial charge in [0.15, 0.2) is 5.96 Å². The summed E-state index contributed by atoms with van der Waals surface area (Å²) < 4.78 is 27.6. The van der Waals surface area contributed by atoms with Crippen LogP contribution in [0.15, 0.2) is 35.3 Å². The quantitative estimate of drug-likeness (QED) is 0.458. The monoisotopic (exact) mass is 395 g/mol. The number of guanidine groups is 1. The summed E-state index contributed by atoms with van der Waals surface area (Å²) in [6, 6.07) is 7.68. The summed E-state index contributed by atoms with van der Waals surface area (Å²) in [4.78, 5) is 3.74. The highest BCUT2D eigenvalue weighted by Crippen LogP contribution is 2.28. The van der Waals surface area contributed by atoms with E-state index in [-0.39, 0.29) is 35.5 Å². The van der Waals surface area contributed by atoms with Crippen LogP contribution in [0.3, 0.4) is 0 Å². The SMILES string of the molecule is I.NC(=NCC(F)(F)c1ccccc1)NCC1CCC1. The third kappa shape index (κ3) is 4.88. The third-order valence-corrected chi connectivity index (χ3v) is 3.44. The molecule has 0 aliphatic heterocycles. The lowest BCUT2D eigenvalue weighted by Crippen LogP contribution is -2.38. The molecule has 1 aliphatic carbocycles. The van der Waals surface area contributed by atoms with Gasteiger partial charge < -0.3 is 11.1 Å². The molecule has 0 bridgehead atoms. The lowest BCUT2D eigenvalue weighted by atomic mass is 9.85. The molecule has 1 saturated carbocycles. The van der Waals surface area contributed by atoms with Crippen molar-refractivity contribution < 1.29 is 8.78 Å². The molecule has 2 rings (SSSR count). The Labute approximate surface area is 135 Å². The third-order valence-electron chi connectivity index (χ3n) is 3.44. The molecule has 0 spiro atoms. The van der Waals surface area contributed by atoms with Crippen molar-refractivity contribution in [2.45, 2.75) is 25.2 Å². The van der Waals surface area contributed by atoms with Gasteiger partial charge in [0.1, 0.15) is 6.54 Å². The van der Waals surface area contributed by atoms with Gasteiger partial charge in [-0.3, -0.25) is 0 Å². The second kappa shape index (κ2) is 7.75. The van der Waals surface area contributed by atoms with E-state index < -0.39 is 12.5 Å². The predicted octanol–water partition coefficient (Wildman–Crippen LogP) is 3.10. The molecule has 0 saturated heterocycles. The van der Waals surface area contributed by atoms with Gasteiger partial charge in [-0.15, -0.1) is 24.0 Å². The topological polar surface area (TPSA) is 50.4 Å². The Morgan fingerprint density at radius 2 is 1.95 bits per heavy atom. The summed E-state index contributed by atoms with van der Waals surface area (Å²) in [7, 11) is 0. The first-order valence-electron chi connectivity index (χ1n) is 6.55. The van der Waals surface area contributed by atoms with Gasteiger partial charge in [0, 0.05) is 12.1 Å². The van der Waals surface area contributed by atoms with Crippen LogP contribution in [0.1, 0.15) is 24.8 Å². The molecule has 0 heterocycles. The molecule has 0 amide bonds. The fourth-order valence-electron chi connectivity index (χ4n) is 1.96. The number of aliphatic imine (C=N–C) groups is 1. The number of nitrogens with zero attached hydrogens (tertiary/aromatic N) is 1. The van der Waals surface area contributed by atoms with Crippen molar-refractivity contribution >= 4 is 29.9 Å². The standard InChI is InChI=1S/C14H19F2N3.HI/c15-14(16,12-7-2-1-3-8-12)10-19-13(17)18-9-11-5-4-6-11;/h1-3,7-8,11H,4-6,9-10H2,(H3,17,18,19);1H. The van der Waals surface area contributed by atoms with Crippen LogP contribution in [-0.4, -0.2) is 19.0 Å². The minimum absolute atomic E-state index is 0. The van der Waals surface area contributed by atoms with Crippen LogP contribution in [-0.2, 0) is 5.92 Å². The molecule has 3 nitrogen and oxygen atoms in total. The fraction of sp³-hybridized carbons (Fsp3) is 0.500. The van der Waals surface area contributed by atoms with Gasteiger partial charge in [-0.05, 0) is 18.8 Å². The Morgan fingerprint density at radius 3 is 2.50 bits per heavy atom. The zero-order valence-corrected chi connectivity index (χ0v) is 13.5. The fourth-order valence-corrected chi connectivity index (χ4v) is 1.96. The minimum Gasteiger partial charge on any atom is -0.370 e. The first kappa shape index (κ1) is 17.1. The molecule has 0 radical (unpaired) electrons. The minimum atomic E-state index is -2.98. The van der Waals surface area contributed by atoms with Crippen molar-refractivity contribution in [3.8, 4) is 0 Å².